The van der Waals surface area contributed by atoms with Crippen LogP contribution in [0.4, 0.5) is 8.78 Å². The quantitative estimate of drug-likeness (QED) is 0.567. The van der Waals surface area contributed by atoms with Crippen LogP contribution in [-0.4, -0.2) is 0 Å². The van der Waals surface area contributed by atoms with Gasteiger partial charge in [0.15, 0.2) is 0 Å². The fourth-order valence-corrected chi connectivity index (χ4v) is 3.39. The van der Waals surface area contributed by atoms with E-state index in [-0.39, 0.29) is 5.56 Å². The predicted octanol–water partition coefficient (Wildman–Crippen LogP) is 5.97. The normalized spacial score (nSPS) is 20.3. The van der Waals surface area contributed by atoms with Gasteiger partial charge in [0.1, 0.15) is 11.6 Å². The first-order valence-corrected chi connectivity index (χ1v) is 8.60. The van der Waals surface area contributed by atoms with Gasteiger partial charge in [-0.3, -0.25) is 0 Å². The van der Waals surface area contributed by atoms with E-state index < -0.39 is 11.6 Å². The zero-order valence-corrected chi connectivity index (χ0v) is 14.2. The molecule has 3 rings (SSSR count). The van der Waals surface area contributed by atoms with Crippen LogP contribution in [0, 0.1) is 36.3 Å². The molecule has 1 fully saturated rings. The number of hydrogen-bond acceptors (Lipinski definition) is 0. The van der Waals surface area contributed by atoms with Gasteiger partial charge in [0.2, 0.25) is 0 Å². The summed E-state index contributed by atoms with van der Waals surface area (Å²) in [6, 6.07) is 10.7. The van der Waals surface area contributed by atoms with Gasteiger partial charge in [0.25, 0.3) is 0 Å². The second-order valence-corrected chi connectivity index (χ2v) is 6.93. The molecule has 0 N–H and O–H groups in total. The van der Waals surface area contributed by atoms with Crippen LogP contribution in [0.2, 0.25) is 0 Å². The van der Waals surface area contributed by atoms with Crippen molar-refractivity contribution in [3.63, 3.8) is 0 Å². The molecule has 24 heavy (non-hydrogen) atoms. The topological polar surface area (TPSA) is 0 Å². The molecule has 0 atom stereocenters. The van der Waals surface area contributed by atoms with Gasteiger partial charge in [-0.15, -0.1) is 0 Å². The standard InChI is InChI=1S/C22H22F2/c1-15-3-8-18(9-4-15)19-10-5-17(6-11-19)7-12-20-21(23)13-16(2)14-22(20)24/h5-6,10-11,13-15,18H,3-4,8-9H2,1-2H3. The highest BCUT2D eigenvalue weighted by molar-refractivity contribution is 5.45. The summed E-state index contributed by atoms with van der Waals surface area (Å²) in [4.78, 5) is 0. The molecule has 2 aromatic carbocycles. The predicted molar refractivity (Wildman–Crippen MR) is 93.9 cm³/mol. The molecule has 0 heterocycles. The zero-order chi connectivity index (χ0) is 17.1. The number of benzene rings is 2. The maximum atomic E-state index is 13.8. The molecule has 0 saturated heterocycles. The maximum Gasteiger partial charge on any atom is 0.142 e. The highest BCUT2D eigenvalue weighted by atomic mass is 19.1. The van der Waals surface area contributed by atoms with Crippen LogP contribution in [0.3, 0.4) is 0 Å². The van der Waals surface area contributed by atoms with E-state index >= 15 is 0 Å². The van der Waals surface area contributed by atoms with Crippen molar-refractivity contribution < 1.29 is 8.78 Å². The van der Waals surface area contributed by atoms with Gasteiger partial charge in [-0.2, -0.15) is 0 Å². The van der Waals surface area contributed by atoms with Crippen LogP contribution in [0.15, 0.2) is 36.4 Å². The summed E-state index contributed by atoms with van der Waals surface area (Å²) in [6.45, 7) is 3.98. The van der Waals surface area contributed by atoms with E-state index in [1.165, 1.54) is 43.4 Å². The van der Waals surface area contributed by atoms with E-state index in [9.17, 15) is 8.78 Å². The van der Waals surface area contributed by atoms with E-state index in [1.807, 2.05) is 12.1 Å². The minimum atomic E-state index is -0.604. The average Bonchev–Trinajstić information content (AvgIpc) is 2.55. The Morgan fingerprint density at radius 3 is 2.04 bits per heavy atom. The molecule has 2 heteroatoms. The van der Waals surface area contributed by atoms with Crippen molar-refractivity contribution in [2.45, 2.75) is 45.4 Å². The lowest BCUT2D eigenvalue weighted by molar-refractivity contribution is 0.348. The molecule has 0 amide bonds. The van der Waals surface area contributed by atoms with E-state index in [2.05, 4.69) is 30.9 Å². The number of halogens is 2. The maximum absolute atomic E-state index is 13.8. The van der Waals surface area contributed by atoms with Crippen molar-refractivity contribution in [3.8, 4) is 11.8 Å². The molecule has 0 nitrogen and oxygen atoms in total. The Morgan fingerprint density at radius 1 is 0.875 bits per heavy atom. The molecule has 124 valence electrons. The van der Waals surface area contributed by atoms with Crippen molar-refractivity contribution in [1.29, 1.82) is 0 Å². The first-order chi connectivity index (χ1) is 11.5. The second-order valence-electron chi connectivity index (χ2n) is 6.93. The van der Waals surface area contributed by atoms with Crippen molar-refractivity contribution in [2.75, 3.05) is 0 Å². The third-order valence-electron chi connectivity index (χ3n) is 4.92. The van der Waals surface area contributed by atoms with Gasteiger partial charge in [-0.25, -0.2) is 8.78 Å². The zero-order valence-electron chi connectivity index (χ0n) is 14.2. The van der Waals surface area contributed by atoms with E-state index in [0.717, 1.165) is 11.5 Å². The van der Waals surface area contributed by atoms with Crippen LogP contribution >= 0.6 is 0 Å². The van der Waals surface area contributed by atoms with Crippen molar-refractivity contribution in [2.24, 2.45) is 5.92 Å². The summed E-state index contributed by atoms with van der Waals surface area (Å²) in [5.74, 6) is 5.76. The van der Waals surface area contributed by atoms with Gasteiger partial charge < -0.3 is 0 Å². The van der Waals surface area contributed by atoms with Crippen LogP contribution in [0.1, 0.15) is 60.8 Å². The molecular formula is C22H22F2. The molecule has 0 spiro atoms. The Hall–Kier alpha value is -2.14. The third-order valence-corrected chi connectivity index (χ3v) is 4.92. The van der Waals surface area contributed by atoms with Crippen LogP contribution in [0.5, 0.6) is 0 Å². The highest BCUT2D eigenvalue weighted by Gasteiger charge is 2.19. The minimum Gasteiger partial charge on any atom is -0.206 e. The molecule has 0 bridgehead atoms. The van der Waals surface area contributed by atoms with Gasteiger partial charge in [0, 0.05) is 5.56 Å². The average molecular weight is 324 g/mol. The Balaban J connectivity index is 1.76. The lowest BCUT2D eigenvalue weighted by atomic mass is 9.79. The Kier molecular flexibility index (Phi) is 5.00. The Morgan fingerprint density at radius 2 is 1.46 bits per heavy atom. The molecule has 0 aliphatic heterocycles. The van der Waals surface area contributed by atoms with Gasteiger partial charge in [-0.1, -0.05) is 43.7 Å². The molecule has 1 aliphatic carbocycles. The van der Waals surface area contributed by atoms with Crippen LogP contribution in [-0.2, 0) is 0 Å². The Bertz CT molecular complexity index is 747. The first kappa shape index (κ1) is 16.7. The fourth-order valence-electron chi connectivity index (χ4n) is 3.39. The molecule has 0 radical (unpaired) electrons. The van der Waals surface area contributed by atoms with Crippen LogP contribution < -0.4 is 0 Å². The molecule has 1 aliphatic rings. The monoisotopic (exact) mass is 324 g/mol. The summed E-state index contributed by atoms with van der Waals surface area (Å²) >= 11 is 0. The van der Waals surface area contributed by atoms with Crippen molar-refractivity contribution in [3.05, 3.63) is 70.3 Å². The number of aryl methyl sites for hydroxylation is 1. The highest BCUT2D eigenvalue weighted by Crippen LogP contribution is 2.35. The summed E-state index contributed by atoms with van der Waals surface area (Å²) in [5.41, 5.74) is 2.52. The van der Waals surface area contributed by atoms with E-state index in [4.69, 9.17) is 0 Å². The van der Waals surface area contributed by atoms with Gasteiger partial charge in [0.05, 0.1) is 5.56 Å². The van der Waals surface area contributed by atoms with Gasteiger partial charge >= 0.3 is 0 Å². The lowest BCUT2D eigenvalue weighted by Gasteiger charge is -2.26. The molecule has 1 saturated carbocycles. The summed E-state index contributed by atoms with van der Waals surface area (Å²) in [6.07, 6.45) is 5.06. The summed E-state index contributed by atoms with van der Waals surface area (Å²) < 4.78 is 27.6. The summed E-state index contributed by atoms with van der Waals surface area (Å²) in [7, 11) is 0. The first-order valence-electron chi connectivity index (χ1n) is 8.60. The Labute approximate surface area is 142 Å². The minimum absolute atomic E-state index is 0.161. The van der Waals surface area contributed by atoms with Crippen LogP contribution in [0.25, 0.3) is 0 Å². The molecular weight excluding hydrogens is 302 g/mol. The SMILES string of the molecule is Cc1cc(F)c(C#Cc2ccc(C3CCC(C)CC3)cc2)c(F)c1. The summed E-state index contributed by atoms with van der Waals surface area (Å²) in [5, 5.41) is 0. The van der Waals surface area contributed by atoms with Gasteiger partial charge in [-0.05, 0) is 67.0 Å². The largest absolute Gasteiger partial charge is 0.206 e. The molecule has 2 aromatic rings. The lowest BCUT2D eigenvalue weighted by Crippen LogP contribution is -2.10. The van der Waals surface area contributed by atoms with E-state index in [1.54, 1.807) is 6.92 Å². The fraction of sp³-hybridized carbons (Fsp3) is 0.364. The number of rotatable bonds is 1. The van der Waals surface area contributed by atoms with Crippen molar-refractivity contribution in [1.82, 2.24) is 0 Å². The molecule has 0 aromatic heterocycles. The van der Waals surface area contributed by atoms with E-state index in [0.29, 0.717) is 11.5 Å². The smallest absolute Gasteiger partial charge is 0.142 e. The third kappa shape index (κ3) is 3.85. The number of hydrogen-bond donors (Lipinski definition) is 0. The second kappa shape index (κ2) is 7.18. The van der Waals surface area contributed by atoms with Crippen molar-refractivity contribution >= 4 is 0 Å². The molecule has 0 unspecified atom stereocenters.